The van der Waals surface area contributed by atoms with E-state index in [1.807, 2.05) is 5.32 Å². The molecule has 0 fully saturated rings. The van der Waals surface area contributed by atoms with Crippen molar-refractivity contribution in [1.82, 2.24) is 5.32 Å². The number of hydrogen-bond donors (Lipinski definition) is 3. The molecular weight excluding hydrogens is 176 g/mol. The number of nitrogens with one attached hydrogen (secondary N) is 1. The maximum absolute atomic E-state index is 10.5. The molecule has 0 aliphatic heterocycles. The van der Waals surface area contributed by atoms with E-state index >= 15 is 0 Å². The highest BCUT2D eigenvalue weighted by Gasteiger charge is 2.20. The fourth-order valence-corrected chi connectivity index (χ4v) is 0.601. The van der Waals surface area contributed by atoms with Gasteiger partial charge in [-0.2, -0.15) is 0 Å². The summed E-state index contributed by atoms with van der Waals surface area (Å²) in [6.45, 7) is 0. The first kappa shape index (κ1) is 11.0. The molecule has 0 unspecified atom stereocenters. The van der Waals surface area contributed by atoms with Gasteiger partial charge in [0.2, 0.25) is 5.91 Å². The van der Waals surface area contributed by atoms with Gasteiger partial charge in [0.25, 0.3) is 5.91 Å². The standard InChI is InChI=1S/C7H8N2O4/c1-2-6(11)9-4(7(12)13)3-5(8)10/h1,4H,3H2,(H2,8,10)(H,9,11)(H,12,13)/t4-/m0/s1. The zero-order valence-electron chi connectivity index (χ0n) is 6.61. The van der Waals surface area contributed by atoms with Crippen molar-refractivity contribution in [3.8, 4) is 12.3 Å². The van der Waals surface area contributed by atoms with Crippen LogP contribution in [0.25, 0.3) is 0 Å². The van der Waals surface area contributed by atoms with Crippen LogP contribution in [0.3, 0.4) is 0 Å². The molecule has 1 atom stereocenters. The third-order valence-corrected chi connectivity index (χ3v) is 1.14. The van der Waals surface area contributed by atoms with E-state index in [0.29, 0.717) is 0 Å². The highest BCUT2D eigenvalue weighted by Crippen LogP contribution is 1.90. The molecule has 0 saturated heterocycles. The van der Waals surface area contributed by atoms with Crippen molar-refractivity contribution < 1.29 is 19.5 Å². The molecule has 0 saturated carbocycles. The van der Waals surface area contributed by atoms with Gasteiger partial charge in [-0.3, -0.25) is 9.59 Å². The van der Waals surface area contributed by atoms with Crippen molar-refractivity contribution in [1.29, 1.82) is 0 Å². The Kier molecular flexibility index (Phi) is 4.02. The van der Waals surface area contributed by atoms with Crippen LogP contribution in [0.2, 0.25) is 0 Å². The van der Waals surface area contributed by atoms with Gasteiger partial charge in [-0.25, -0.2) is 4.79 Å². The SMILES string of the molecule is C#CC(=O)N[C@@H](CC(N)=O)C(=O)O. The predicted octanol–water partition coefficient (Wildman–Crippen LogP) is -1.94. The molecule has 0 rings (SSSR count). The van der Waals surface area contributed by atoms with Crippen LogP contribution in [-0.4, -0.2) is 28.9 Å². The summed E-state index contributed by atoms with van der Waals surface area (Å²) in [6.07, 6.45) is 4.20. The topological polar surface area (TPSA) is 109 Å². The molecule has 6 nitrogen and oxygen atoms in total. The molecule has 13 heavy (non-hydrogen) atoms. The minimum absolute atomic E-state index is 0.483. The molecular formula is C7H8N2O4. The first-order valence-electron chi connectivity index (χ1n) is 3.25. The summed E-state index contributed by atoms with van der Waals surface area (Å²) in [6, 6.07) is -1.36. The van der Waals surface area contributed by atoms with Crippen molar-refractivity contribution in [2.45, 2.75) is 12.5 Å². The van der Waals surface area contributed by atoms with E-state index in [1.165, 1.54) is 0 Å². The lowest BCUT2D eigenvalue weighted by Gasteiger charge is -2.09. The third-order valence-electron chi connectivity index (χ3n) is 1.14. The maximum atomic E-state index is 10.5. The van der Waals surface area contributed by atoms with Gasteiger partial charge in [0.1, 0.15) is 6.04 Å². The highest BCUT2D eigenvalue weighted by atomic mass is 16.4. The van der Waals surface area contributed by atoms with E-state index in [9.17, 15) is 14.4 Å². The van der Waals surface area contributed by atoms with Crippen LogP contribution in [0.5, 0.6) is 0 Å². The lowest BCUT2D eigenvalue weighted by atomic mass is 10.2. The maximum Gasteiger partial charge on any atom is 0.326 e. The Morgan fingerprint density at radius 2 is 2.08 bits per heavy atom. The van der Waals surface area contributed by atoms with Crippen molar-refractivity contribution in [2.75, 3.05) is 0 Å². The monoisotopic (exact) mass is 184 g/mol. The van der Waals surface area contributed by atoms with Crippen LogP contribution < -0.4 is 11.1 Å². The summed E-state index contributed by atoms with van der Waals surface area (Å²) in [7, 11) is 0. The number of carboxylic acid groups (broad SMARTS) is 1. The quantitative estimate of drug-likeness (QED) is 0.441. The Morgan fingerprint density at radius 1 is 1.54 bits per heavy atom. The molecule has 0 aliphatic rings. The summed E-state index contributed by atoms with van der Waals surface area (Å²) in [5, 5.41) is 10.4. The van der Waals surface area contributed by atoms with Gasteiger partial charge in [0.05, 0.1) is 6.42 Å². The lowest BCUT2D eigenvalue weighted by molar-refractivity contribution is -0.142. The van der Waals surface area contributed by atoms with Crippen molar-refractivity contribution in [3.63, 3.8) is 0 Å². The molecule has 0 bridgehead atoms. The number of carboxylic acids is 1. The van der Waals surface area contributed by atoms with E-state index in [4.69, 9.17) is 10.8 Å². The van der Waals surface area contributed by atoms with Gasteiger partial charge in [0.15, 0.2) is 0 Å². The van der Waals surface area contributed by atoms with E-state index < -0.39 is 30.2 Å². The number of nitrogens with two attached hydrogens (primary N) is 1. The normalized spacial score (nSPS) is 11.0. The van der Waals surface area contributed by atoms with Gasteiger partial charge < -0.3 is 16.2 Å². The van der Waals surface area contributed by atoms with Gasteiger partial charge in [-0.1, -0.05) is 0 Å². The minimum Gasteiger partial charge on any atom is -0.480 e. The van der Waals surface area contributed by atoms with E-state index in [-0.39, 0.29) is 0 Å². The summed E-state index contributed by atoms with van der Waals surface area (Å²) in [4.78, 5) is 31.3. The van der Waals surface area contributed by atoms with Gasteiger partial charge in [-0.15, -0.1) is 6.42 Å². The summed E-state index contributed by atoms with van der Waals surface area (Å²) in [5.41, 5.74) is 4.74. The van der Waals surface area contributed by atoms with Crippen molar-refractivity contribution in [3.05, 3.63) is 0 Å². The average molecular weight is 184 g/mol. The van der Waals surface area contributed by atoms with Crippen LogP contribution in [0.4, 0.5) is 0 Å². The summed E-state index contributed by atoms with van der Waals surface area (Å²) in [5.74, 6) is -1.42. The van der Waals surface area contributed by atoms with Crippen LogP contribution in [-0.2, 0) is 14.4 Å². The fraction of sp³-hybridized carbons (Fsp3) is 0.286. The van der Waals surface area contributed by atoms with Crippen LogP contribution in [0, 0.1) is 12.3 Å². The van der Waals surface area contributed by atoms with Crippen molar-refractivity contribution >= 4 is 17.8 Å². The van der Waals surface area contributed by atoms with Gasteiger partial charge >= 0.3 is 5.97 Å². The minimum atomic E-state index is -1.36. The Morgan fingerprint density at radius 3 is 2.38 bits per heavy atom. The number of primary amides is 1. The van der Waals surface area contributed by atoms with E-state index in [0.717, 1.165) is 0 Å². The Hall–Kier alpha value is -2.03. The van der Waals surface area contributed by atoms with Crippen molar-refractivity contribution in [2.24, 2.45) is 5.73 Å². The Labute approximate surface area is 74.1 Å². The number of amides is 2. The van der Waals surface area contributed by atoms with Gasteiger partial charge in [-0.05, 0) is 5.92 Å². The largest absolute Gasteiger partial charge is 0.480 e. The zero-order valence-corrected chi connectivity index (χ0v) is 6.61. The Bertz CT molecular complexity index is 279. The third kappa shape index (κ3) is 4.42. The number of rotatable bonds is 4. The Balaban J connectivity index is 4.28. The number of carbonyl (C=O) groups is 3. The van der Waals surface area contributed by atoms with E-state index in [2.05, 4.69) is 6.42 Å². The number of aliphatic carboxylic acids is 1. The molecule has 0 spiro atoms. The second-order valence-electron chi connectivity index (χ2n) is 2.18. The second kappa shape index (κ2) is 4.77. The summed E-state index contributed by atoms with van der Waals surface area (Å²) >= 11 is 0. The molecule has 0 aliphatic carbocycles. The summed E-state index contributed by atoms with van der Waals surface area (Å²) < 4.78 is 0. The molecule has 70 valence electrons. The molecule has 0 aromatic carbocycles. The van der Waals surface area contributed by atoms with Crippen LogP contribution in [0.15, 0.2) is 0 Å². The average Bonchev–Trinajstić information content (AvgIpc) is 2.02. The molecule has 0 aromatic rings. The van der Waals surface area contributed by atoms with Gasteiger partial charge in [0, 0.05) is 0 Å². The lowest BCUT2D eigenvalue weighted by Crippen LogP contribution is -2.42. The first-order chi connectivity index (χ1) is 5.97. The molecule has 0 radical (unpaired) electrons. The number of hydrogen-bond acceptors (Lipinski definition) is 3. The fourth-order valence-electron chi connectivity index (χ4n) is 0.601. The number of terminal acetylenes is 1. The second-order valence-corrected chi connectivity index (χ2v) is 2.18. The molecule has 6 heteroatoms. The number of carbonyl (C=O) groups excluding carboxylic acids is 2. The highest BCUT2D eigenvalue weighted by molar-refractivity contribution is 5.96. The molecule has 4 N–H and O–H groups in total. The van der Waals surface area contributed by atoms with E-state index in [1.54, 1.807) is 5.92 Å². The predicted molar refractivity (Wildman–Crippen MR) is 42.2 cm³/mol. The smallest absolute Gasteiger partial charge is 0.326 e. The van der Waals surface area contributed by atoms with Crippen LogP contribution >= 0.6 is 0 Å². The first-order valence-corrected chi connectivity index (χ1v) is 3.25. The van der Waals surface area contributed by atoms with Crippen LogP contribution in [0.1, 0.15) is 6.42 Å². The molecule has 0 heterocycles. The molecule has 0 aromatic heterocycles. The zero-order chi connectivity index (χ0) is 10.4. The molecule has 2 amide bonds.